The Bertz CT molecular complexity index is 321. The van der Waals surface area contributed by atoms with Crippen molar-refractivity contribution in [1.82, 2.24) is 5.32 Å². The van der Waals surface area contributed by atoms with Crippen molar-refractivity contribution in [2.24, 2.45) is 0 Å². The Hall–Kier alpha value is -1.22. The average Bonchev–Trinajstić information content (AvgIpc) is 2.05. The lowest BCUT2D eigenvalue weighted by molar-refractivity contribution is 0.216. The van der Waals surface area contributed by atoms with Gasteiger partial charge in [0.05, 0.1) is 0 Å². The summed E-state index contributed by atoms with van der Waals surface area (Å²) in [6.45, 7) is 3.75. The smallest absolute Gasteiger partial charge is 0.122 e. The van der Waals surface area contributed by atoms with Gasteiger partial charge in [0, 0.05) is 6.04 Å². The average molecular weight is 193 g/mol. The van der Waals surface area contributed by atoms with Gasteiger partial charge in [-0.3, -0.25) is 0 Å². The van der Waals surface area contributed by atoms with E-state index in [9.17, 15) is 5.11 Å². The predicted octanol–water partition coefficient (Wildman–Crippen LogP) is 1.44. The fourth-order valence-corrected chi connectivity index (χ4v) is 1.48. The fraction of sp³-hybridized carbons (Fsp3) is 0.455. The summed E-state index contributed by atoms with van der Waals surface area (Å²) >= 11 is 0. The molecule has 1 fully saturated rings. The molecule has 1 aromatic carbocycles. The van der Waals surface area contributed by atoms with Gasteiger partial charge in [0.15, 0.2) is 0 Å². The molecule has 3 nitrogen and oxygen atoms in total. The molecule has 0 bridgehead atoms. The first-order valence-electron chi connectivity index (χ1n) is 4.91. The van der Waals surface area contributed by atoms with Gasteiger partial charge in [-0.15, -0.1) is 0 Å². The van der Waals surface area contributed by atoms with Gasteiger partial charge in [-0.05, 0) is 43.7 Å². The maximum atomic E-state index is 9.20. The number of aromatic hydroxyl groups is 1. The highest BCUT2D eigenvalue weighted by molar-refractivity contribution is 5.38. The lowest BCUT2D eigenvalue weighted by atomic mass is 10.1. The molecule has 0 spiro atoms. The molecule has 2 rings (SSSR count). The number of hydrogen-bond acceptors (Lipinski definition) is 3. The molecule has 1 saturated heterocycles. The topological polar surface area (TPSA) is 41.5 Å². The van der Waals surface area contributed by atoms with Crippen LogP contribution in [0.3, 0.4) is 0 Å². The minimum atomic E-state index is 0.289. The van der Waals surface area contributed by atoms with E-state index in [1.54, 1.807) is 12.1 Å². The number of aryl methyl sites for hydroxylation is 1. The van der Waals surface area contributed by atoms with Crippen LogP contribution in [0.4, 0.5) is 0 Å². The van der Waals surface area contributed by atoms with Gasteiger partial charge in [0.2, 0.25) is 0 Å². The minimum absolute atomic E-state index is 0.289. The Kier molecular flexibility index (Phi) is 2.59. The van der Waals surface area contributed by atoms with E-state index in [1.807, 2.05) is 13.0 Å². The van der Waals surface area contributed by atoms with E-state index in [1.165, 1.54) is 6.42 Å². The van der Waals surface area contributed by atoms with E-state index in [4.69, 9.17) is 4.74 Å². The van der Waals surface area contributed by atoms with Crippen LogP contribution in [0, 0.1) is 6.92 Å². The fourth-order valence-electron chi connectivity index (χ4n) is 1.48. The van der Waals surface area contributed by atoms with Gasteiger partial charge in [0.1, 0.15) is 18.1 Å². The molecule has 76 valence electrons. The molecule has 0 amide bonds. The summed E-state index contributed by atoms with van der Waals surface area (Å²) in [5, 5.41) is 12.5. The molecule has 0 aliphatic carbocycles. The van der Waals surface area contributed by atoms with Crippen molar-refractivity contribution in [2.45, 2.75) is 19.4 Å². The molecule has 1 aliphatic rings. The first-order valence-corrected chi connectivity index (χ1v) is 4.91. The maximum Gasteiger partial charge on any atom is 0.122 e. The van der Waals surface area contributed by atoms with Crippen LogP contribution in [0.25, 0.3) is 0 Å². The van der Waals surface area contributed by atoms with Crippen molar-refractivity contribution in [1.29, 1.82) is 0 Å². The van der Waals surface area contributed by atoms with E-state index < -0.39 is 0 Å². The minimum Gasteiger partial charge on any atom is -0.508 e. The Morgan fingerprint density at radius 1 is 1.57 bits per heavy atom. The van der Waals surface area contributed by atoms with Crippen molar-refractivity contribution in [3.63, 3.8) is 0 Å². The molecule has 1 heterocycles. The number of phenols is 1. The Morgan fingerprint density at radius 3 is 2.93 bits per heavy atom. The largest absolute Gasteiger partial charge is 0.508 e. The number of ether oxygens (including phenoxy) is 1. The van der Waals surface area contributed by atoms with Gasteiger partial charge in [-0.1, -0.05) is 0 Å². The number of nitrogens with one attached hydrogen (secondary N) is 1. The summed E-state index contributed by atoms with van der Waals surface area (Å²) in [4.78, 5) is 0. The molecule has 1 atom stereocenters. The summed E-state index contributed by atoms with van der Waals surface area (Å²) in [7, 11) is 0. The highest BCUT2D eigenvalue weighted by atomic mass is 16.5. The zero-order chi connectivity index (χ0) is 9.97. The molecule has 0 saturated carbocycles. The molecule has 1 unspecified atom stereocenters. The highest BCUT2D eigenvalue weighted by Crippen LogP contribution is 2.22. The summed E-state index contributed by atoms with van der Waals surface area (Å²) in [5.74, 6) is 1.15. The molecular weight excluding hydrogens is 178 g/mol. The quantitative estimate of drug-likeness (QED) is 0.763. The van der Waals surface area contributed by atoms with Crippen molar-refractivity contribution in [2.75, 3.05) is 13.2 Å². The van der Waals surface area contributed by atoms with Crippen LogP contribution in [0.2, 0.25) is 0 Å². The molecule has 1 aliphatic heterocycles. The van der Waals surface area contributed by atoms with Crippen LogP contribution in [0.5, 0.6) is 11.5 Å². The van der Waals surface area contributed by atoms with Crippen LogP contribution in [0.15, 0.2) is 18.2 Å². The van der Waals surface area contributed by atoms with Gasteiger partial charge in [-0.2, -0.15) is 0 Å². The van der Waals surface area contributed by atoms with E-state index in [0.29, 0.717) is 12.6 Å². The van der Waals surface area contributed by atoms with Gasteiger partial charge >= 0.3 is 0 Å². The van der Waals surface area contributed by atoms with Crippen molar-refractivity contribution in [3.8, 4) is 11.5 Å². The molecule has 1 aromatic rings. The zero-order valence-corrected chi connectivity index (χ0v) is 8.29. The van der Waals surface area contributed by atoms with Gasteiger partial charge < -0.3 is 15.2 Å². The van der Waals surface area contributed by atoms with E-state index in [2.05, 4.69) is 5.32 Å². The Balaban J connectivity index is 1.94. The van der Waals surface area contributed by atoms with Crippen molar-refractivity contribution in [3.05, 3.63) is 23.8 Å². The van der Waals surface area contributed by atoms with Crippen LogP contribution in [-0.2, 0) is 0 Å². The summed E-state index contributed by atoms with van der Waals surface area (Å²) in [6, 6.07) is 5.67. The first kappa shape index (κ1) is 9.34. The predicted molar refractivity (Wildman–Crippen MR) is 54.7 cm³/mol. The molecule has 3 heteroatoms. The van der Waals surface area contributed by atoms with Crippen LogP contribution < -0.4 is 10.1 Å². The summed E-state index contributed by atoms with van der Waals surface area (Å²) < 4.78 is 5.62. The molecule has 0 aromatic heterocycles. The van der Waals surface area contributed by atoms with Crippen molar-refractivity contribution >= 4 is 0 Å². The van der Waals surface area contributed by atoms with Gasteiger partial charge in [-0.25, -0.2) is 0 Å². The van der Waals surface area contributed by atoms with E-state index >= 15 is 0 Å². The lowest BCUT2D eigenvalue weighted by Crippen LogP contribution is -2.46. The number of phenolic OH excluding ortho intramolecular Hbond substituents is 1. The number of rotatable bonds is 3. The SMILES string of the molecule is Cc1cc(O)ccc1OCC1CCN1. The third-order valence-corrected chi connectivity index (χ3v) is 2.52. The summed E-state index contributed by atoms with van der Waals surface area (Å²) in [5.41, 5.74) is 0.976. The lowest BCUT2D eigenvalue weighted by Gasteiger charge is -2.27. The molecule has 14 heavy (non-hydrogen) atoms. The second kappa shape index (κ2) is 3.88. The van der Waals surface area contributed by atoms with Crippen LogP contribution >= 0.6 is 0 Å². The van der Waals surface area contributed by atoms with E-state index in [-0.39, 0.29) is 5.75 Å². The second-order valence-corrected chi connectivity index (χ2v) is 3.70. The third kappa shape index (κ3) is 1.99. The zero-order valence-electron chi connectivity index (χ0n) is 8.29. The molecule has 0 radical (unpaired) electrons. The normalized spacial score (nSPS) is 20.2. The van der Waals surface area contributed by atoms with E-state index in [0.717, 1.165) is 17.9 Å². The Morgan fingerprint density at radius 2 is 2.36 bits per heavy atom. The summed E-state index contributed by atoms with van der Waals surface area (Å²) in [6.07, 6.45) is 1.19. The van der Waals surface area contributed by atoms with Crippen molar-refractivity contribution < 1.29 is 9.84 Å². The highest BCUT2D eigenvalue weighted by Gasteiger charge is 2.16. The Labute approximate surface area is 83.7 Å². The number of benzene rings is 1. The first-order chi connectivity index (χ1) is 6.75. The maximum absolute atomic E-state index is 9.20. The third-order valence-electron chi connectivity index (χ3n) is 2.52. The second-order valence-electron chi connectivity index (χ2n) is 3.70. The number of hydrogen-bond donors (Lipinski definition) is 2. The van der Waals surface area contributed by atoms with Crippen LogP contribution in [-0.4, -0.2) is 24.3 Å². The molecular formula is C11H15NO2. The van der Waals surface area contributed by atoms with Crippen LogP contribution in [0.1, 0.15) is 12.0 Å². The monoisotopic (exact) mass is 193 g/mol. The standard InChI is InChI=1S/C11H15NO2/c1-8-6-10(13)2-3-11(8)14-7-9-4-5-12-9/h2-3,6,9,12-13H,4-5,7H2,1H3. The van der Waals surface area contributed by atoms with Gasteiger partial charge in [0.25, 0.3) is 0 Å². The molecule has 2 N–H and O–H groups in total.